The van der Waals surface area contributed by atoms with Crippen molar-refractivity contribution in [1.82, 2.24) is 5.32 Å². The minimum absolute atomic E-state index is 0.0604. The lowest BCUT2D eigenvalue weighted by atomic mass is 10.1. The Hall–Kier alpha value is -2.96. The number of amides is 1. The number of ether oxygens (including phenoxy) is 2. The zero-order valence-electron chi connectivity index (χ0n) is 13.0. The molecule has 0 saturated heterocycles. The van der Waals surface area contributed by atoms with Crippen molar-refractivity contribution in [3.05, 3.63) is 47.4 Å². The maximum atomic E-state index is 12.1. The quantitative estimate of drug-likeness (QED) is 0.849. The van der Waals surface area contributed by atoms with Gasteiger partial charge in [0.25, 0.3) is 5.91 Å². The first kappa shape index (κ1) is 16.4. The van der Waals surface area contributed by atoms with Gasteiger partial charge in [-0.1, -0.05) is 6.07 Å². The molecule has 0 aliphatic carbocycles. The van der Waals surface area contributed by atoms with Gasteiger partial charge in [0.2, 0.25) is 0 Å². The average Bonchev–Trinajstić information content (AvgIpc) is 3.04. The molecule has 1 aromatic heterocycles. The first-order valence-corrected chi connectivity index (χ1v) is 6.81. The molecule has 1 atom stereocenters. The van der Waals surface area contributed by atoms with Crippen LogP contribution in [0.5, 0.6) is 11.5 Å². The van der Waals surface area contributed by atoms with Gasteiger partial charge in [0, 0.05) is 6.07 Å². The van der Waals surface area contributed by atoms with E-state index < -0.39 is 11.9 Å². The Kier molecular flexibility index (Phi) is 4.90. The molecule has 1 aromatic carbocycles. The molecule has 1 amide bonds. The molecular formula is C16H17NO6. The van der Waals surface area contributed by atoms with Crippen LogP contribution in [0.3, 0.4) is 0 Å². The highest BCUT2D eigenvalue weighted by molar-refractivity contribution is 5.95. The smallest absolute Gasteiger partial charge is 0.338 e. The van der Waals surface area contributed by atoms with Crippen molar-refractivity contribution in [2.24, 2.45) is 0 Å². The lowest BCUT2D eigenvalue weighted by Gasteiger charge is -2.15. The van der Waals surface area contributed by atoms with Crippen molar-refractivity contribution in [3.63, 3.8) is 0 Å². The van der Waals surface area contributed by atoms with E-state index in [4.69, 9.17) is 19.0 Å². The third kappa shape index (κ3) is 3.63. The van der Waals surface area contributed by atoms with E-state index in [2.05, 4.69) is 5.32 Å². The summed E-state index contributed by atoms with van der Waals surface area (Å²) in [6.07, 6.45) is 1.03. The molecule has 2 N–H and O–H groups in total. The molecule has 2 rings (SSSR count). The van der Waals surface area contributed by atoms with Crippen LogP contribution in [0.4, 0.5) is 0 Å². The molecule has 0 radical (unpaired) electrons. The lowest BCUT2D eigenvalue weighted by Crippen LogP contribution is -2.26. The summed E-state index contributed by atoms with van der Waals surface area (Å²) in [5, 5.41) is 11.6. The van der Waals surface area contributed by atoms with Gasteiger partial charge in [0.05, 0.1) is 25.8 Å². The Labute approximate surface area is 132 Å². The molecule has 1 heterocycles. The Morgan fingerprint density at radius 1 is 1.17 bits per heavy atom. The van der Waals surface area contributed by atoms with Crippen molar-refractivity contribution in [1.29, 1.82) is 0 Å². The molecule has 23 heavy (non-hydrogen) atoms. The normalized spacial score (nSPS) is 11.6. The van der Waals surface area contributed by atoms with E-state index in [1.54, 1.807) is 32.2 Å². The molecule has 122 valence electrons. The van der Waals surface area contributed by atoms with Gasteiger partial charge in [-0.2, -0.15) is 0 Å². The summed E-state index contributed by atoms with van der Waals surface area (Å²) in [7, 11) is 3.07. The summed E-state index contributed by atoms with van der Waals surface area (Å²) in [6.45, 7) is 1.79. The molecule has 0 fully saturated rings. The Balaban J connectivity index is 2.12. The third-order valence-electron chi connectivity index (χ3n) is 3.33. The average molecular weight is 319 g/mol. The molecule has 0 aliphatic heterocycles. The highest BCUT2D eigenvalue weighted by Crippen LogP contribution is 2.30. The number of methoxy groups -OCH3 is 2. The van der Waals surface area contributed by atoms with Crippen LogP contribution < -0.4 is 14.8 Å². The second-order valence-electron chi connectivity index (χ2n) is 4.81. The number of aromatic carboxylic acids is 1. The summed E-state index contributed by atoms with van der Waals surface area (Å²) in [5.74, 6) is -0.570. The molecule has 7 nitrogen and oxygen atoms in total. The van der Waals surface area contributed by atoms with Crippen molar-refractivity contribution in [3.8, 4) is 11.5 Å². The third-order valence-corrected chi connectivity index (χ3v) is 3.33. The number of carbonyl (C=O) groups excluding carboxylic acids is 1. The van der Waals surface area contributed by atoms with E-state index in [1.807, 2.05) is 0 Å². The van der Waals surface area contributed by atoms with Crippen LogP contribution in [0, 0.1) is 0 Å². The van der Waals surface area contributed by atoms with Crippen LogP contribution in [0.15, 0.2) is 34.9 Å². The van der Waals surface area contributed by atoms with Gasteiger partial charge in [-0.15, -0.1) is 0 Å². The number of nitrogens with one attached hydrogen (secondary N) is 1. The predicted octanol–water partition coefficient (Wildman–Crippen LogP) is 2.49. The monoisotopic (exact) mass is 319 g/mol. The summed E-state index contributed by atoms with van der Waals surface area (Å²) < 4.78 is 15.4. The van der Waals surface area contributed by atoms with Crippen LogP contribution in [0.1, 0.15) is 39.4 Å². The molecule has 0 bridgehead atoms. The molecular weight excluding hydrogens is 302 g/mol. The standard InChI is InChI=1S/C16H17NO6/c1-9(10-4-5-12(21-2)13(6-10)22-3)17-15(18)14-7-11(8-23-14)16(19)20/h4-9H,1-3H3,(H,17,18)(H,19,20). The molecule has 0 aliphatic rings. The Bertz CT molecular complexity index is 721. The number of carboxylic acid groups (broad SMARTS) is 1. The summed E-state index contributed by atoms with van der Waals surface area (Å²) in [4.78, 5) is 22.9. The fraction of sp³-hybridized carbons (Fsp3) is 0.250. The van der Waals surface area contributed by atoms with E-state index in [9.17, 15) is 9.59 Å². The van der Waals surface area contributed by atoms with Gasteiger partial charge in [-0.05, 0) is 24.6 Å². The summed E-state index contributed by atoms with van der Waals surface area (Å²) in [6, 6.07) is 6.15. The van der Waals surface area contributed by atoms with Crippen molar-refractivity contribution in [2.75, 3.05) is 14.2 Å². The highest BCUT2D eigenvalue weighted by atomic mass is 16.5. The van der Waals surface area contributed by atoms with Crippen LogP contribution in [-0.4, -0.2) is 31.2 Å². The van der Waals surface area contributed by atoms with Gasteiger partial charge < -0.3 is 24.3 Å². The molecule has 7 heteroatoms. The maximum Gasteiger partial charge on any atom is 0.338 e. The SMILES string of the molecule is COc1ccc(C(C)NC(=O)c2cc(C(=O)O)co2)cc1OC. The number of furan rings is 1. The summed E-state index contributed by atoms with van der Waals surface area (Å²) in [5.41, 5.74) is 0.731. The number of carbonyl (C=O) groups is 2. The Morgan fingerprint density at radius 2 is 1.87 bits per heavy atom. The van der Waals surface area contributed by atoms with Crippen LogP contribution in [0.2, 0.25) is 0 Å². The molecule has 1 unspecified atom stereocenters. The Morgan fingerprint density at radius 3 is 2.43 bits per heavy atom. The first-order chi connectivity index (χ1) is 11.0. The zero-order valence-corrected chi connectivity index (χ0v) is 13.0. The van der Waals surface area contributed by atoms with Gasteiger partial charge in [-0.3, -0.25) is 4.79 Å². The van der Waals surface area contributed by atoms with Crippen LogP contribution in [0.25, 0.3) is 0 Å². The largest absolute Gasteiger partial charge is 0.493 e. The predicted molar refractivity (Wildman–Crippen MR) is 81.1 cm³/mol. The number of rotatable bonds is 6. The number of benzene rings is 1. The fourth-order valence-electron chi connectivity index (χ4n) is 2.04. The van der Waals surface area contributed by atoms with Crippen molar-refractivity contribution in [2.45, 2.75) is 13.0 Å². The van der Waals surface area contributed by atoms with Crippen molar-refractivity contribution >= 4 is 11.9 Å². The van der Waals surface area contributed by atoms with Gasteiger partial charge >= 0.3 is 5.97 Å². The maximum absolute atomic E-state index is 12.1. The number of hydrogen-bond donors (Lipinski definition) is 2. The highest BCUT2D eigenvalue weighted by Gasteiger charge is 2.18. The minimum Gasteiger partial charge on any atom is -0.493 e. The van der Waals surface area contributed by atoms with Crippen molar-refractivity contribution < 1.29 is 28.6 Å². The van der Waals surface area contributed by atoms with Crippen LogP contribution in [-0.2, 0) is 0 Å². The minimum atomic E-state index is -1.15. The number of carboxylic acids is 1. The zero-order chi connectivity index (χ0) is 17.0. The number of hydrogen-bond acceptors (Lipinski definition) is 5. The van der Waals surface area contributed by atoms with Gasteiger partial charge in [-0.25, -0.2) is 4.79 Å². The molecule has 0 saturated carbocycles. The second kappa shape index (κ2) is 6.87. The van der Waals surface area contributed by atoms with Crippen LogP contribution >= 0.6 is 0 Å². The van der Waals surface area contributed by atoms with E-state index in [-0.39, 0.29) is 17.4 Å². The van der Waals surface area contributed by atoms with E-state index in [1.165, 1.54) is 13.2 Å². The van der Waals surface area contributed by atoms with E-state index in [0.29, 0.717) is 11.5 Å². The van der Waals surface area contributed by atoms with E-state index >= 15 is 0 Å². The molecule has 2 aromatic rings. The molecule has 0 spiro atoms. The first-order valence-electron chi connectivity index (χ1n) is 6.81. The van der Waals surface area contributed by atoms with Gasteiger partial charge in [0.1, 0.15) is 6.26 Å². The van der Waals surface area contributed by atoms with Gasteiger partial charge in [0.15, 0.2) is 17.3 Å². The second-order valence-corrected chi connectivity index (χ2v) is 4.81. The lowest BCUT2D eigenvalue weighted by molar-refractivity contribution is 0.0695. The topological polar surface area (TPSA) is 98.0 Å². The summed E-state index contributed by atoms with van der Waals surface area (Å²) >= 11 is 0. The van der Waals surface area contributed by atoms with E-state index in [0.717, 1.165) is 11.8 Å². The fourth-order valence-corrected chi connectivity index (χ4v) is 2.04.